The van der Waals surface area contributed by atoms with Crippen LogP contribution in [-0.2, 0) is 17.9 Å². The monoisotopic (exact) mass is 428 g/mol. The highest BCUT2D eigenvalue weighted by Crippen LogP contribution is 2.24. The van der Waals surface area contributed by atoms with E-state index in [4.69, 9.17) is 0 Å². The van der Waals surface area contributed by atoms with E-state index in [9.17, 15) is 9.18 Å². The topological polar surface area (TPSA) is 32.3 Å². The number of allylic oxidation sites excluding steroid dienone is 1. The Labute approximate surface area is 189 Å². The maximum absolute atomic E-state index is 13.1. The predicted octanol–water partition coefficient (Wildman–Crippen LogP) is 5.58. The second-order valence-corrected chi connectivity index (χ2v) is 8.39. The molecule has 0 saturated heterocycles. The van der Waals surface area contributed by atoms with Crippen LogP contribution in [0.5, 0.6) is 0 Å². The van der Waals surface area contributed by atoms with E-state index in [1.165, 1.54) is 28.8 Å². The van der Waals surface area contributed by atoms with Crippen molar-refractivity contribution >= 4 is 5.91 Å². The molecule has 0 fully saturated rings. The molecule has 3 aromatic rings. The second kappa shape index (κ2) is 10.4. The molecule has 4 rings (SSSR count). The summed E-state index contributed by atoms with van der Waals surface area (Å²) < 4.78 is 13.1. The Morgan fingerprint density at radius 3 is 2.28 bits per heavy atom. The number of carbonyl (C=O) groups excluding carboxylic acids is 1. The number of amides is 1. The fourth-order valence-electron chi connectivity index (χ4n) is 4.20. The summed E-state index contributed by atoms with van der Waals surface area (Å²) >= 11 is 0. The molecule has 0 unspecified atom stereocenters. The average molecular weight is 429 g/mol. The summed E-state index contributed by atoms with van der Waals surface area (Å²) in [6.45, 7) is 4.16. The highest BCUT2D eigenvalue weighted by molar-refractivity contribution is 5.79. The molecule has 32 heavy (non-hydrogen) atoms. The first-order valence-corrected chi connectivity index (χ1v) is 11.2. The summed E-state index contributed by atoms with van der Waals surface area (Å²) in [4.78, 5) is 15.3. The molecule has 164 valence electrons. The zero-order valence-corrected chi connectivity index (χ0v) is 18.4. The number of nitrogens with one attached hydrogen (secondary N) is 1. The third-order valence-electron chi connectivity index (χ3n) is 6.22. The van der Waals surface area contributed by atoms with Crippen molar-refractivity contribution in [2.45, 2.75) is 32.5 Å². The number of carbonyl (C=O) groups is 1. The minimum Gasteiger partial charge on any atom is -0.352 e. The van der Waals surface area contributed by atoms with Gasteiger partial charge in [0.25, 0.3) is 0 Å². The van der Waals surface area contributed by atoms with Crippen molar-refractivity contribution < 1.29 is 9.18 Å². The zero-order chi connectivity index (χ0) is 22.3. The third kappa shape index (κ3) is 5.51. The average Bonchev–Trinajstić information content (AvgIpc) is 3.01. The molecule has 1 amide bonds. The van der Waals surface area contributed by atoms with Gasteiger partial charge in [0, 0.05) is 25.7 Å². The Morgan fingerprint density at radius 2 is 1.56 bits per heavy atom. The van der Waals surface area contributed by atoms with Gasteiger partial charge in [-0.3, -0.25) is 9.69 Å². The van der Waals surface area contributed by atoms with Crippen molar-refractivity contribution in [1.29, 1.82) is 0 Å². The maximum atomic E-state index is 13.1. The van der Waals surface area contributed by atoms with Crippen molar-refractivity contribution in [3.05, 3.63) is 108 Å². The van der Waals surface area contributed by atoms with E-state index in [0.717, 1.165) is 25.1 Å². The van der Waals surface area contributed by atoms with Crippen LogP contribution in [0, 0.1) is 11.7 Å². The van der Waals surface area contributed by atoms with Crippen LogP contribution in [0.2, 0.25) is 0 Å². The van der Waals surface area contributed by atoms with Gasteiger partial charge in [0.15, 0.2) is 0 Å². The first-order chi connectivity index (χ1) is 15.6. The van der Waals surface area contributed by atoms with Crippen LogP contribution in [-0.4, -0.2) is 23.4 Å². The Hall–Kier alpha value is -3.24. The van der Waals surface area contributed by atoms with Gasteiger partial charge in [-0.25, -0.2) is 4.39 Å². The van der Waals surface area contributed by atoms with Gasteiger partial charge in [-0.05, 0) is 47.7 Å². The van der Waals surface area contributed by atoms with Crippen molar-refractivity contribution in [2.75, 3.05) is 6.54 Å². The molecule has 0 radical (unpaired) electrons. The molecule has 0 saturated carbocycles. The van der Waals surface area contributed by atoms with Gasteiger partial charge in [0.1, 0.15) is 5.82 Å². The van der Waals surface area contributed by atoms with E-state index in [2.05, 4.69) is 77.8 Å². The molecule has 2 atom stereocenters. The highest BCUT2D eigenvalue weighted by Gasteiger charge is 2.29. The van der Waals surface area contributed by atoms with Gasteiger partial charge in [-0.2, -0.15) is 0 Å². The molecule has 0 aliphatic carbocycles. The van der Waals surface area contributed by atoms with Crippen molar-refractivity contribution in [2.24, 2.45) is 5.92 Å². The van der Waals surface area contributed by atoms with Crippen LogP contribution in [0.1, 0.15) is 24.5 Å². The number of benzene rings is 3. The summed E-state index contributed by atoms with van der Waals surface area (Å²) in [6.07, 6.45) is 4.99. The molecule has 0 spiro atoms. The van der Waals surface area contributed by atoms with Crippen LogP contribution in [0.25, 0.3) is 11.1 Å². The van der Waals surface area contributed by atoms with Crippen molar-refractivity contribution in [1.82, 2.24) is 10.2 Å². The number of nitrogens with zero attached hydrogens (tertiary/aromatic N) is 1. The van der Waals surface area contributed by atoms with E-state index >= 15 is 0 Å². The van der Waals surface area contributed by atoms with Gasteiger partial charge in [0.2, 0.25) is 5.91 Å². The van der Waals surface area contributed by atoms with Crippen LogP contribution in [0.15, 0.2) is 91.0 Å². The number of halogens is 1. The zero-order valence-electron chi connectivity index (χ0n) is 18.4. The van der Waals surface area contributed by atoms with Gasteiger partial charge in [-0.15, -0.1) is 0 Å². The lowest BCUT2D eigenvalue weighted by Crippen LogP contribution is -2.44. The van der Waals surface area contributed by atoms with Crippen LogP contribution < -0.4 is 5.32 Å². The predicted molar refractivity (Wildman–Crippen MR) is 127 cm³/mol. The van der Waals surface area contributed by atoms with Gasteiger partial charge >= 0.3 is 0 Å². The second-order valence-electron chi connectivity index (χ2n) is 8.39. The van der Waals surface area contributed by atoms with Gasteiger partial charge < -0.3 is 5.32 Å². The quantitative estimate of drug-likeness (QED) is 0.520. The Bertz CT molecular complexity index is 1050. The molecular weight excluding hydrogens is 399 g/mol. The van der Waals surface area contributed by atoms with Crippen LogP contribution in [0.4, 0.5) is 4.39 Å². The van der Waals surface area contributed by atoms with E-state index in [-0.39, 0.29) is 23.7 Å². The minimum absolute atomic E-state index is 0.0396. The standard InChI is InChI=1S/C28H29FN2O/c1-21-27(28(32)30-19-22-12-16-26(29)17-13-22)9-5-6-18-31(21)20-23-10-14-25(15-11-23)24-7-3-2-4-8-24/h2-8,10-17,21,27H,9,18-20H2,1H3,(H,30,32)/t21-,27+/m1/s1. The molecule has 3 nitrogen and oxygen atoms in total. The van der Waals surface area contributed by atoms with Crippen LogP contribution >= 0.6 is 0 Å². The van der Waals surface area contributed by atoms with E-state index in [0.29, 0.717) is 6.54 Å². The lowest BCUT2D eigenvalue weighted by atomic mass is 9.95. The Balaban J connectivity index is 1.39. The molecule has 0 bridgehead atoms. The lowest BCUT2D eigenvalue weighted by molar-refractivity contribution is -0.127. The molecule has 1 N–H and O–H groups in total. The summed E-state index contributed by atoms with van der Waals surface area (Å²) in [5, 5.41) is 3.03. The normalized spacial score (nSPS) is 18.8. The van der Waals surface area contributed by atoms with Crippen molar-refractivity contribution in [3.63, 3.8) is 0 Å². The van der Waals surface area contributed by atoms with Gasteiger partial charge in [-0.1, -0.05) is 78.9 Å². The number of rotatable bonds is 6. The first kappa shape index (κ1) is 22.0. The molecule has 4 heteroatoms. The Morgan fingerprint density at radius 1 is 0.906 bits per heavy atom. The molecule has 1 aliphatic heterocycles. The summed E-state index contributed by atoms with van der Waals surface area (Å²) in [7, 11) is 0. The van der Waals surface area contributed by atoms with E-state index in [1.807, 2.05) is 6.07 Å². The minimum atomic E-state index is -0.268. The SMILES string of the molecule is C[C@@H]1[C@@H](C(=O)NCc2ccc(F)cc2)CC=CCN1Cc1ccc(-c2ccccc2)cc1. The molecular formula is C28H29FN2O. The molecule has 1 aliphatic rings. The fraction of sp³-hybridized carbons (Fsp3) is 0.250. The molecule has 0 aromatic heterocycles. The van der Waals surface area contributed by atoms with E-state index in [1.54, 1.807) is 12.1 Å². The largest absolute Gasteiger partial charge is 0.352 e. The summed E-state index contributed by atoms with van der Waals surface area (Å²) in [5.41, 5.74) is 4.54. The van der Waals surface area contributed by atoms with Crippen molar-refractivity contribution in [3.8, 4) is 11.1 Å². The number of hydrogen-bond acceptors (Lipinski definition) is 2. The summed E-state index contributed by atoms with van der Waals surface area (Å²) in [6, 6.07) is 25.4. The van der Waals surface area contributed by atoms with Gasteiger partial charge in [0.05, 0.1) is 5.92 Å². The maximum Gasteiger partial charge on any atom is 0.225 e. The smallest absolute Gasteiger partial charge is 0.225 e. The van der Waals surface area contributed by atoms with E-state index < -0.39 is 0 Å². The summed E-state index contributed by atoms with van der Waals surface area (Å²) in [5.74, 6) is -0.356. The number of hydrogen-bond donors (Lipinski definition) is 1. The third-order valence-corrected chi connectivity index (χ3v) is 6.22. The Kier molecular flexibility index (Phi) is 7.13. The molecule has 1 heterocycles. The first-order valence-electron chi connectivity index (χ1n) is 11.2. The highest BCUT2D eigenvalue weighted by atomic mass is 19.1. The fourth-order valence-corrected chi connectivity index (χ4v) is 4.20. The molecule has 3 aromatic carbocycles. The van der Waals surface area contributed by atoms with Crippen LogP contribution in [0.3, 0.4) is 0 Å². The lowest BCUT2D eigenvalue weighted by Gasteiger charge is -2.31.